The lowest BCUT2D eigenvalue weighted by atomic mass is 10.1. The molecule has 0 bridgehead atoms. The van der Waals surface area contributed by atoms with Gasteiger partial charge in [-0.1, -0.05) is 11.6 Å². The fourth-order valence-corrected chi connectivity index (χ4v) is 2.67. The van der Waals surface area contributed by atoms with E-state index in [-0.39, 0.29) is 0 Å². The van der Waals surface area contributed by atoms with Crippen LogP contribution in [0.25, 0.3) is 22.4 Å². The molecule has 3 aromatic rings. The molecule has 21 heavy (non-hydrogen) atoms. The molecule has 0 saturated heterocycles. The van der Waals surface area contributed by atoms with Crippen LogP contribution in [0.3, 0.4) is 0 Å². The first-order valence-corrected chi connectivity index (χ1v) is 7.11. The van der Waals surface area contributed by atoms with Crippen molar-refractivity contribution in [3.8, 4) is 17.1 Å². The van der Waals surface area contributed by atoms with Gasteiger partial charge in [0.25, 0.3) is 0 Å². The Morgan fingerprint density at radius 3 is 2.71 bits per heavy atom. The molecule has 3 rings (SSSR count). The first-order valence-electron chi connectivity index (χ1n) is 6.73. The predicted octanol–water partition coefficient (Wildman–Crippen LogP) is 3.97. The molecule has 4 nitrogen and oxygen atoms in total. The zero-order valence-electron chi connectivity index (χ0n) is 11.9. The van der Waals surface area contributed by atoms with E-state index in [2.05, 4.69) is 16.5 Å². The molecule has 1 aromatic heterocycles. The third kappa shape index (κ3) is 2.32. The van der Waals surface area contributed by atoms with E-state index in [0.29, 0.717) is 10.7 Å². The summed E-state index contributed by atoms with van der Waals surface area (Å²) in [5, 5.41) is 0.678. The van der Waals surface area contributed by atoms with Crippen molar-refractivity contribution in [2.45, 2.75) is 13.5 Å². The normalized spacial score (nSPS) is 11.0. The molecule has 0 saturated carbocycles. The minimum atomic E-state index is 0.644. The number of hydrogen-bond donors (Lipinski definition) is 1. The number of rotatable bonds is 3. The fraction of sp³-hybridized carbons (Fsp3) is 0.188. The number of halogens is 1. The smallest absolute Gasteiger partial charge is 0.143 e. The Morgan fingerprint density at radius 2 is 2.05 bits per heavy atom. The lowest BCUT2D eigenvalue weighted by Crippen LogP contribution is -2.00. The number of ether oxygens (including phenoxy) is 1. The van der Waals surface area contributed by atoms with Gasteiger partial charge in [-0.05, 0) is 37.3 Å². The fourth-order valence-electron chi connectivity index (χ4n) is 2.50. The lowest BCUT2D eigenvalue weighted by Gasteiger charge is -2.10. The number of nitrogens with two attached hydrogens (primary N) is 1. The summed E-state index contributed by atoms with van der Waals surface area (Å²) >= 11 is 6.05. The van der Waals surface area contributed by atoms with Crippen LogP contribution in [-0.2, 0) is 6.54 Å². The number of anilines is 1. The van der Waals surface area contributed by atoms with Crippen molar-refractivity contribution in [1.29, 1.82) is 0 Å². The number of aryl methyl sites for hydroxylation is 1. The largest absolute Gasteiger partial charge is 0.497 e. The van der Waals surface area contributed by atoms with Gasteiger partial charge >= 0.3 is 0 Å². The third-order valence-corrected chi connectivity index (χ3v) is 3.76. The summed E-state index contributed by atoms with van der Waals surface area (Å²) < 4.78 is 7.32. The standard InChI is InChI=1S/C16H16ClN3O/c1-3-20-15-7-4-10(17)8-14(15)19-16(20)12-6-5-11(21-2)9-13(12)18/h4-9H,3,18H2,1-2H3. The van der Waals surface area contributed by atoms with Crippen LogP contribution in [0.4, 0.5) is 5.69 Å². The Morgan fingerprint density at radius 1 is 1.24 bits per heavy atom. The monoisotopic (exact) mass is 301 g/mol. The molecule has 0 amide bonds. The van der Waals surface area contributed by atoms with Gasteiger partial charge < -0.3 is 15.0 Å². The van der Waals surface area contributed by atoms with Gasteiger partial charge in [0.2, 0.25) is 0 Å². The second kappa shape index (κ2) is 5.30. The van der Waals surface area contributed by atoms with Gasteiger partial charge in [0.05, 0.1) is 18.1 Å². The van der Waals surface area contributed by atoms with Crippen LogP contribution in [0.2, 0.25) is 5.02 Å². The quantitative estimate of drug-likeness (QED) is 0.745. The van der Waals surface area contributed by atoms with Gasteiger partial charge in [-0.2, -0.15) is 0 Å². The molecule has 0 aliphatic carbocycles. The molecule has 0 spiro atoms. The van der Waals surface area contributed by atoms with Gasteiger partial charge in [0.1, 0.15) is 11.6 Å². The van der Waals surface area contributed by atoms with E-state index in [1.165, 1.54) is 0 Å². The van der Waals surface area contributed by atoms with Gasteiger partial charge in [-0.15, -0.1) is 0 Å². The summed E-state index contributed by atoms with van der Waals surface area (Å²) in [4.78, 5) is 4.69. The maximum absolute atomic E-state index is 6.14. The highest BCUT2D eigenvalue weighted by atomic mass is 35.5. The lowest BCUT2D eigenvalue weighted by molar-refractivity contribution is 0.415. The summed E-state index contributed by atoms with van der Waals surface area (Å²) in [6, 6.07) is 11.4. The number of nitrogen functional groups attached to an aromatic ring is 1. The number of fused-ring (bicyclic) bond motifs is 1. The average Bonchev–Trinajstić information content (AvgIpc) is 2.84. The molecule has 0 aliphatic rings. The highest BCUT2D eigenvalue weighted by Crippen LogP contribution is 2.32. The Balaban J connectivity index is 2.24. The topological polar surface area (TPSA) is 53.1 Å². The summed E-state index contributed by atoms with van der Waals surface area (Å²) in [5.41, 5.74) is 9.60. The van der Waals surface area contributed by atoms with Crippen LogP contribution in [-0.4, -0.2) is 16.7 Å². The molecular weight excluding hydrogens is 286 g/mol. The first kappa shape index (κ1) is 13.8. The first-order chi connectivity index (χ1) is 10.1. The minimum Gasteiger partial charge on any atom is -0.497 e. The number of aromatic nitrogens is 2. The molecule has 5 heteroatoms. The number of hydrogen-bond acceptors (Lipinski definition) is 3. The van der Waals surface area contributed by atoms with E-state index >= 15 is 0 Å². The molecule has 0 fully saturated rings. The van der Waals surface area contributed by atoms with Gasteiger partial charge in [-0.25, -0.2) is 4.98 Å². The van der Waals surface area contributed by atoms with Crippen molar-refractivity contribution >= 4 is 28.3 Å². The Hall–Kier alpha value is -2.20. The van der Waals surface area contributed by atoms with Crippen LogP contribution in [0.5, 0.6) is 5.75 Å². The Bertz CT molecular complexity index is 811. The van der Waals surface area contributed by atoms with Gasteiger partial charge in [0.15, 0.2) is 0 Å². The van der Waals surface area contributed by atoms with Crippen molar-refractivity contribution in [1.82, 2.24) is 9.55 Å². The second-order valence-electron chi connectivity index (χ2n) is 4.77. The van der Waals surface area contributed by atoms with E-state index < -0.39 is 0 Å². The maximum Gasteiger partial charge on any atom is 0.143 e. The Labute approximate surface area is 128 Å². The zero-order chi connectivity index (χ0) is 15.0. The summed E-state index contributed by atoms with van der Waals surface area (Å²) in [5.74, 6) is 1.58. The average molecular weight is 302 g/mol. The molecule has 108 valence electrons. The molecule has 2 N–H and O–H groups in total. The zero-order valence-corrected chi connectivity index (χ0v) is 12.7. The van der Waals surface area contributed by atoms with Crippen LogP contribution >= 0.6 is 11.6 Å². The summed E-state index contributed by atoms with van der Waals surface area (Å²) in [6.45, 7) is 2.89. The van der Waals surface area contributed by atoms with E-state index in [0.717, 1.165) is 34.7 Å². The van der Waals surface area contributed by atoms with Crippen molar-refractivity contribution in [3.05, 3.63) is 41.4 Å². The molecule has 1 heterocycles. The molecule has 2 aromatic carbocycles. The van der Waals surface area contributed by atoms with Crippen LogP contribution in [0, 0.1) is 0 Å². The van der Waals surface area contributed by atoms with E-state index in [1.807, 2.05) is 36.4 Å². The number of imidazole rings is 1. The van der Waals surface area contributed by atoms with E-state index in [4.69, 9.17) is 22.1 Å². The summed E-state index contributed by atoms with van der Waals surface area (Å²) in [7, 11) is 1.62. The van der Waals surface area contributed by atoms with Gasteiger partial charge in [-0.3, -0.25) is 0 Å². The second-order valence-corrected chi connectivity index (χ2v) is 5.20. The molecule has 0 aliphatic heterocycles. The van der Waals surface area contributed by atoms with Crippen LogP contribution in [0.15, 0.2) is 36.4 Å². The van der Waals surface area contributed by atoms with Crippen molar-refractivity contribution in [2.75, 3.05) is 12.8 Å². The molecule has 0 atom stereocenters. The van der Waals surface area contributed by atoms with Crippen molar-refractivity contribution < 1.29 is 4.74 Å². The van der Waals surface area contributed by atoms with Crippen molar-refractivity contribution in [2.24, 2.45) is 0 Å². The number of nitrogens with zero attached hydrogens (tertiary/aromatic N) is 2. The van der Waals surface area contributed by atoms with E-state index in [9.17, 15) is 0 Å². The third-order valence-electron chi connectivity index (χ3n) is 3.53. The SMILES string of the molecule is CCn1c(-c2ccc(OC)cc2N)nc2cc(Cl)ccc21. The predicted molar refractivity (Wildman–Crippen MR) is 86.8 cm³/mol. The van der Waals surface area contributed by atoms with Crippen LogP contribution in [0.1, 0.15) is 6.92 Å². The number of methoxy groups -OCH3 is 1. The van der Waals surface area contributed by atoms with Crippen molar-refractivity contribution in [3.63, 3.8) is 0 Å². The molecule has 0 unspecified atom stereocenters. The molecular formula is C16H16ClN3O. The molecule has 0 radical (unpaired) electrons. The van der Waals surface area contributed by atoms with Crippen LogP contribution < -0.4 is 10.5 Å². The highest BCUT2D eigenvalue weighted by molar-refractivity contribution is 6.31. The maximum atomic E-state index is 6.14. The number of benzene rings is 2. The van der Waals surface area contributed by atoms with Gasteiger partial charge in [0, 0.05) is 28.9 Å². The van der Waals surface area contributed by atoms with E-state index in [1.54, 1.807) is 7.11 Å². The summed E-state index contributed by atoms with van der Waals surface area (Å²) in [6.07, 6.45) is 0. The highest BCUT2D eigenvalue weighted by Gasteiger charge is 2.14. The minimum absolute atomic E-state index is 0.644. The Kier molecular flexibility index (Phi) is 3.47.